The minimum atomic E-state index is -4.84. The van der Waals surface area contributed by atoms with Gasteiger partial charge in [-0.1, -0.05) is 24.3 Å². The molecule has 8 heteroatoms. The summed E-state index contributed by atoms with van der Waals surface area (Å²) < 4.78 is 55.0. The van der Waals surface area contributed by atoms with Gasteiger partial charge in [0.25, 0.3) is 5.91 Å². The smallest absolute Gasteiger partial charge is 0.376 e. The van der Waals surface area contributed by atoms with Crippen LogP contribution < -0.4 is 0 Å². The van der Waals surface area contributed by atoms with Gasteiger partial charge in [-0.2, -0.15) is 18.4 Å². The third-order valence-corrected chi connectivity index (χ3v) is 7.09. The zero-order valence-corrected chi connectivity index (χ0v) is 18.8. The third kappa shape index (κ3) is 4.54. The molecule has 4 rings (SSSR count). The van der Waals surface area contributed by atoms with E-state index in [0.29, 0.717) is 30.9 Å². The van der Waals surface area contributed by atoms with E-state index in [2.05, 4.69) is 0 Å². The summed E-state index contributed by atoms with van der Waals surface area (Å²) in [4.78, 5) is 15.1. The summed E-state index contributed by atoms with van der Waals surface area (Å²) in [5, 5.41) is 18.8. The molecule has 0 saturated heterocycles. The quantitative estimate of drug-likeness (QED) is 0.562. The van der Waals surface area contributed by atoms with E-state index < -0.39 is 17.4 Å². The van der Waals surface area contributed by atoms with Crippen molar-refractivity contribution in [3.8, 4) is 6.07 Å². The van der Waals surface area contributed by atoms with Gasteiger partial charge in [0.2, 0.25) is 0 Å². The lowest BCUT2D eigenvalue weighted by Crippen LogP contribution is -2.45. The number of halogens is 4. The number of carbonyl (C=O) groups is 1. The molecule has 1 N–H and O–H groups in total. The van der Waals surface area contributed by atoms with Crippen molar-refractivity contribution in [3.05, 3.63) is 70.8 Å². The van der Waals surface area contributed by atoms with Crippen LogP contribution in [0.4, 0.5) is 17.6 Å². The molecule has 0 heterocycles. The molecule has 34 heavy (non-hydrogen) atoms. The largest absolute Gasteiger partial charge is 0.421 e. The Morgan fingerprint density at radius 1 is 1.00 bits per heavy atom. The van der Waals surface area contributed by atoms with Gasteiger partial charge in [0.15, 0.2) is 5.60 Å². The minimum Gasteiger partial charge on any atom is -0.376 e. The van der Waals surface area contributed by atoms with Gasteiger partial charge in [0.1, 0.15) is 5.67 Å². The van der Waals surface area contributed by atoms with Crippen LogP contribution in [0.2, 0.25) is 0 Å². The van der Waals surface area contributed by atoms with Crippen molar-refractivity contribution >= 4 is 5.91 Å². The molecule has 0 radical (unpaired) electrons. The number of amides is 1. The van der Waals surface area contributed by atoms with Crippen LogP contribution in [-0.4, -0.2) is 34.2 Å². The zero-order chi connectivity index (χ0) is 24.7. The average Bonchev–Trinajstić information content (AvgIpc) is 3.65. The standard InChI is InChI=1S/C26H26F4N2O2/c1-24(34,26(28,29)30)19-8-4-18(5-9-19)23(33)32(21-10-11-21)22-12-14-25(27,15-13-22)20-6-2-17(16-31)3-7-20/h2-9,21-22,34H,10-15H2,1H3/t22-,24-,25-/m0/s1. The summed E-state index contributed by atoms with van der Waals surface area (Å²) in [6.45, 7) is 0.680. The molecule has 4 nitrogen and oxygen atoms in total. The highest BCUT2D eigenvalue weighted by molar-refractivity contribution is 5.95. The fraction of sp³-hybridized carbons (Fsp3) is 0.462. The molecule has 2 fully saturated rings. The predicted molar refractivity (Wildman–Crippen MR) is 117 cm³/mol. The minimum absolute atomic E-state index is 0.0532. The van der Waals surface area contributed by atoms with Gasteiger partial charge in [0, 0.05) is 17.6 Å². The first kappa shape index (κ1) is 24.2. The maximum Gasteiger partial charge on any atom is 0.421 e. The predicted octanol–water partition coefficient (Wildman–Crippen LogP) is 5.74. The number of benzene rings is 2. The molecule has 0 aliphatic heterocycles. The van der Waals surface area contributed by atoms with Crippen LogP contribution in [0.1, 0.15) is 72.5 Å². The van der Waals surface area contributed by atoms with Crippen LogP contribution in [0.15, 0.2) is 48.5 Å². The first-order valence-corrected chi connectivity index (χ1v) is 11.4. The van der Waals surface area contributed by atoms with Crippen LogP contribution in [0.3, 0.4) is 0 Å². The lowest BCUT2D eigenvalue weighted by atomic mass is 9.78. The summed E-state index contributed by atoms with van der Waals surface area (Å²) in [7, 11) is 0. The number of carbonyl (C=O) groups excluding carboxylic acids is 1. The molecule has 2 aromatic carbocycles. The number of hydrogen-bond acceptors (Lipinski definition) is 3. The van der Waals surface area contributed by atoms with Crippen molar-refractivity contribution in [2.45, 2.75) is 75.0 Å². The number of nitriles is 1. The lowest BCUT2D eigenvalue weighted by molar-refractivity contribution is -0.258. The Balaban J connectivity index is 1.48. The van der Waals surface area contributed by atoms with Crippen molar-refractivity contribution in [2.24, 2.45) is 0 Å². The molecule has 0 unspecified atom stereocenters. The number of rotatable bonds is 5. The molecular weight excluding hydrogens is 448 g/mol. The molecule has 0 bridgehead atoms. The van der Waals surface area contributed by atoms with E-state index >= 15 is 4.39 Å². The number of alkyl halides is 4. The van der Waals surface area contributed by atoms with Crippen LogP contribution in [0, 0.1) is 11.3 Å². The van der Waals surface area contributed by atoms with Gasteiger partial charge < -0.3 is 10.0 Å². The average molecular weight is 474 g/mol. The molecule has 0 aromatic heterocycles. The highest BCUT2D eigenvalue weighted by Gasteiger charge is 2.51. The molecular formula is C26H26F4N2O2. The van der Waals surface area contributed by atoms with Gasteiger partial charge >= 0.3 is 6.18 Å². The highest BCUT2D eigenvalue weighted by Crippen LogP contribution is 2.44. The summed E-state index contributed by atoms with van der Waals surface area (Å²) in [5.41, 5.74) is -3.62. The van der Waals surface area contributed by atoms with Crippen LogP contribution in [0.5, 0.6) is 0 Å². The first-order chi connectivity index (χ1) is 16.0. The van der Waals surface area contributed by atoms with Crippen LogP contribution in [0.25, 0.3) is 0 Å². The second kappa shape index (κ2) is 8.70. The van der Waals surface area contributed by atoms with Crippen molar-refractivity contribution in [3.63, 3.8) is 0 Å². The topological polar surface area (TPSA) is 64.3 Å². The Labute approximate surface area is 195 Å². The molecule has 2 aliphatic rings. The van der Waals surface area contributed by atoms with E-state index in [-0.39, 0.29) is 42.0 Å². The molecule has 1 atom stereocenters. The van der Waals surface area contributed by atoms with Gasteiger partial charge in [0.05, 0.1) is 11.6 Å². The van der Waals surface area contributed by atoms with Crippen molar-refractivity contribution in [1.82, 2.24) is 4.90 Å². The normalized spacial score (nSPS) is 24.7. The van der Waals surface area contributed by atoms with Crippen LogP contribution >= 0.6 is 0 Å². The fourth-order valence-electron chi connectivity index (χ4n) is 4.70. The fourth-order valence-corrected chi connectivity index (χ4v) is 4.70. The van der Waals surface area contributed by atoms with Gasteiger partial charge in [-0.15, -0.1) is 0 Å². The van der Waals surface area contributed by atoms with E-state index in [0.717, 1.165) is 25.0 Å². The van der Waals surface area contributed by atoms with E-state index in [4.69, 9.17) is 5.26 Å². The Hall–Kier alpha value is -2.92. The van der Waals surface area contributed by atoms with Crippen LogP contribution in [-0.2, 0) is 11.3 Å². The number of aliphatic hydroxyl groups is 1. The van der Waals surface area contributed by atoms with E-state index in [1.165, 1.54) is 12.1 Å². The summed E-state index contributed by atoms with van der Waals surface area (Å²) >= 11 is 0. The molecule has 2 saturated carbocycles. The van der Waals surface area contributed by atoms with Crippen molar-refractivity contribution < 1.29 is 27.5 Å². The van der Waals surface area contributed by atoms with Crippen molar-refractivity contribution in [1.29, 1.82) is 5.26 Å². The second-order valence-corrected chi connectivity index (χ2v) is 9.48. The highest BCUT2D eigenvalue weighted by atomic mass is 19.4. The SMILES string of the molecule is C[C@](O)(c1ccc(C(=O)N(C2CC2)[C@H]2CC[C@@](F)(c3ccc(C#N)cc3)CC2)cc1)C(F)(F)F. The van der Waals surface area contributed by atoms with Gasteiger partial charge in [-0.25, -0.2) is 4.39 Å². The molecule has 180 valence electrons. The van der Waals surface area contributed by atoms with Gasteiger partial charge in [-0.05, 0) is 80.8 Å². The Bertz CT molecular complexity index is 1080. The van der Waals surface area contributed by atoms with Crippen molar-refractivity contribution in [2.75, 3.05) is 0 Å². The first-order valence-electron chi connectivity index (χ1n) is 11.4. The maximum atomic E-state index is 15.7. The lowest BCUT2D eigenvalue weighted by Gasteiger charge is -2.40. The summed E-state index contributed by atoms with van der Waals surface area (Å²) in [6.07, 6.45) is -1.71. The Morgan fingerprint density at radius 2 is 1.53 bits per heavy atom. The number of hydrogen-bond donors (Lipinski definition) is 1. The summed E-state index contributed by atoms with van der Waals surface area (Å²) in [5.74, 6) is -0.282. The van der Waals surface area contributed by atoms with Gasteiger partial charge in [-0.3, -0.25) is 4.79 Å². The molecule has 1 amide bonds. The molecule has 2 aliphatic carbocycles. The van der Waals surface area contributed by atoms with E-state index in [1.807, 2.05) is 6.07 Å². The molecule has 2 aromatic rings. The summed E-state index contributed by atoms with van der Waals surface area (Å²) in [6, 6.07) is 13.3. The van der Waals surface area contributed by atoms with E-state index in [1.54, 1.807) is 29.2 Å². The number of nitrogens with zero attached hydrogens (tertiary/aromatic N) is 2. The van der Waals surface area contributed by atoms with E-state index in [9.17, 15) is 23.1 Å². The Kier molecular flexibility index (Phi) is 6.19. The maximum absolute atomic E-state index is 15.7. The Morgan fingerprint density at radius 3 is 2.00 bits per heavy atom. The second-order valence-electron chi connectivity index (χ2n) is 9.48. The molecule has 0 spiro atoms. The zero-order valence-electron chi connectivity index (χ0n) is 18.8. The third-order valence-electron chi connectivity index (χ3n) is 7.09. The monoisotopic (exact) mass is 474 g/mol.